The summed E-state index contributed by atoms with van der Waals surface area (Å²) in [4.78, 5) is 32.8. The molecule has 3 atom stereocenters. The maximum atomic E-state index is 13.7. The van der Waals surface area contributed by atoms with Crippen LogP contribution in [-0.4, -0.2) is 53.8 Å². The fourth-order valence-corrected chi connectivity index (χ4v) is 6.54. The number of benzene rings is 1. The van der Waals surface area contributed by atoms with Crippen LogP contribution >= 0.6 is 11.3 Å². The van der Waals surface area contributed by atoms with E-state index in [-0.39, 0.29) is 17.9 Å². The highest BCUT2D eigenvalue weighted by atomic mass is 32.1. The highest BCUT2D eigenvalue weighted by Crippen LogP contribution is 2.44. The van der Waals surface area contributed by atoms with E-state index in [1.54, 1.807) is 11.3 Å². The van der Waals surface area contributed by atoms with E-state index in [4.69, 9.17) is 0 Å². The second-order valence-electron chi connectivity index (χ2n) is 10.1. The quantitative estimate of drug-likeness (QED) is 0.484. The Labute approximate surface area is 208 Å². The molecule has 2 aliphatic rings. The molecule has 1 saturated heterocycles. The minimum atomic E-state index is -0.398. The Balaban J connectivity index is 1.53. The molecule has 3 heterocycles. The average molecular weight is 482 g/mol. The Bertz CT molecular complexity index is 958. The molecule has 1 aromatic carbocycles. The van der Waals surface area contributed by atoms with Crippen molar-refractivity contribution in [2.75, 3.05) is 26.2 Å². The first-order valence-corrected chi connectivity index (χ1v) is 13.8. The summed E-state index contributed by atoms with van der Waals surface area (Å²) in [7, 11) is 0. The third kappa shape index (κ3) is 5.38. The molecule has 0 radical (unpaired) electrons. The smallest absolute Gasteiger partial charge is 0.254 e. The predicted molar refractivity (Wildman–Crippen MR) is 139 cm³/mol. The standard InChI is InChI=1S/C28H39N3O2S/c1-4-21-11-7-8-16-30(21)17-10-15-29-27(32)25-22-12-5-6-13-23(22)28(33)31(19-20(2)3)26(25)24-14-9-18-34-24/h5-6,9,12-14,18,20-21,25-26H,4,7-8,10-11,15-17,19H2,1-3H3,(H,29,32)/t21-,25-,26-/m1/s1. The van der Waals surface area contributed by atoms with Crippen LogP contribution in [0, 0.1) is 5.92 Å². The van der Waals surface area contributed by atoms with Crippen molar-refractivity contribution in [3.05, 3.63) is 57.8 Å². The van der Waals surface area contributed by atoms with Gasteiger partial charge >= 0.3 is 0 Å². The lowest BCUT2D eigenvalue weighted by molar-refractivity contribution is -0.124. The number of hydrogen-bond acceptors (Lipinski definition) is 4. The molecule has 4 rings (SSSR count). The zero-order chi connectivity index (χ0) is 24.1. The first kappa shape index (κ1) is 24.9. The van der Waals surface area contributed by atoms with Gasteiger partial charge in [0.15, 0.2) is 0 Å². The second kappa shape index (κ2) is 11.5. The Morgan fingerprint density at radius 2 is 2.00 bits per heavy atom. The Morgan fingerprint density at radius 3 is 2.74 bits per heavy atom. The molecule has 184 valence electrons. The highest BCUT2D eigenvalue weighted by molar-refractivity contribution is 7.10. The summed E-state index contributed by atoms with van der Waals surface area (Å²) in [5.41, 5.74) is 1.51. The van der Waals surface area contributed by atoms with Gasteiger partial charge in [-0.25, -0.2) is 0 Å². The molecule has 1 aromatic heterocycles. The number of likely N-dealkylation sites (tertiary alicyclic amines) is 1. The average Bonchev–Trinajstić information content (AvgIpc) is 3.38. The number of carbonyl (C=O) groups excluding carboxylic acids is 2. The fraction of sp³-hybridized carbons (Fsp3) is 0.571. The monoisotopic (exact) mass is 481 g/mol. The number of carbonyl (C=O) groups is 2. The van der Waals surface area contributed by atoms with Crippen LogP contribution in [0.25, 0.3) is 0 Å². The van der Waals surface area contributed by atoms with Gasteiger partial charge in [-0.3, -0.25) is 9.59 Å². The largest absolute Gasteiger partial charge is 0.355 e. The van der Waals surface area contributed by atoms with Crippen LogP contribution in [0.5, 0.6) is 0 Å². The van der Waals surface area contributed by atoms with Crippen molar-refractivity contribution in [2.24, 2.45) is 5.92 Å². The van der Waals surface area contributed by atoms with Crippen molar-refractivity contribution in [2.45, 2.75) is 70.9 Å². The molecule has 0 spiro atoms. The maximum Gasteiger partial charge on any atom is 0.254 e. The van der Waals surface area contributed by atoms with Crippen molar-refractivity contribution >= 4 is 23.2 Å². The van der Waals surface area contributed by atoms with Crippen molar-refractivity contribution in [3.63, 3.8) is 0 Å². The number of piperidine rings is 1. The fourth-order valence-electron chi connectivity index (χ4n) is 5.67. The van der Waals surface area contributed by atoms with Crippen molar-refractivity contribution in [3.8, 4) is 0 Å². The summed E-state index contributed by atoms with van der Waals surface area (Å²) < 4.78 is 0. The third-order valence-corrected chi connectivity index (χ3v) is 8.20. The predicted octanol–water partition coefficient (Wildman–Crippen LogP) is 5.46. The number of nitrogens with zero attached hydrogens (tertiary/aromatic N) is 2. The first-order valence-electron chi connectivity index (χ1n) is 13.0. The molecule has 1 fully saturated rings. The Morgan fingerprint density at radius 1 is 1.18 bits per heavy atom. The zero-order valence-corrected chi connectivity index (χ0v) is 21.7. The van der Waals surface area contributed by atoms with Gasteiger partial charge in [0.1, 0.15) is 0 Å². The summed E-state index contributed by atoms with van der Waals surface area (Å²) in [6, 6.07) is 12.2. The summed E-state index contributed by atoms with van der Waals surface area (Å²) in [5.74, 6) is -0.0265. The molecule has 34 heavy (non-hydrogen) atoms. The van der Waals surface area contributed by atoms with Crippen molar-refractivity contribution in [1.82, 2.24) is 15.1 Å². The van der Waals surface area contributed by atoms with E-state index in [0.717, 1.165) is 23.4 Å². The number of rotatable bonds is 9. The highest BCUT2D eigenvalue weighted by Gasteiger charge is 2.44. The first-order chi connectivity index (χ1) is 16.5. The van der Waals surface area contributed by atoms with Crippen molar-refractivity contribution in [1.29, 1.82) is 0 Å². The summed E-state index contributed by atoms with van der Waals surface area (Å²) >= 11 is 1.63. The van der Waals surface area contributed by atoms with E-state index >= 15 is 0 Å². The van der Waals surface area contributed by atoms with Crippen molar-refractivity contribution < 1.29 is 9.59 Å². The molecule has 5 nitrogen and oxygen atoms in total. The molecular weight excluding hydrogens is 442 g/mol. The van der Waals surface area contributed by atoms with E-state index in [1.165, 1.54) is 32.2 Å². The molecule has 0 aliphatic carbocycles. The number of amides is 2. The van der Waals surface area contributed by atoms with Gasteiger partial charge in [0.05, 0.1) is 12.0 Å². The van der Waals surface area contributed by atoms with Crippen LogP contribution in [0.15, 0.2) is 41.8 Å². The molecule has 2 amide bonds. The van der Waals surface area contributed by atoms with Gasteiger partial charge in [-0.05, 0) is 61.2 Å². The number of thiophene rings is 1. The lowest BCUT2D eigenvalue weighted by Crippen LogP contribution is -2.48. The van der Waals surface area contributed by atoms with E-state index in [1.807, 2.05) is 40.6 Å². The van der Waals surface area contributed by atoms with E-state index in [0.29, 0.717) is 30.6 Å². The Hall–Kier alpha value is -2.18. The molecule has 0 bridgehead atoms. The number of fused-ring (bicyclic) bond motifs is 1. The van der Waals surface area contributed by atoms with Gasteiger partial charge < -0.3 is 15.1 Å². The summed E-state index contributed by atoms with van der Waals surface area (Å²) in [6.45, 7) is 10.0. The normalized spacial score (nSPS) is 23.2. The van der Waals surface area contributed by atoms with Gasteiger partial charge in [-0.1, -0.05) is 51.5 Å². The molecule has 1 N–H and O–H groups in total. The molecule has 2 aromatic rings. The van der Waals surface area contributed by atoms with Crippen LogP contribution in [0.4, 0.5) is 0 Å². The van der Waals surface area contributed by atoms with E-state index in [9.17, 15) is 9.59 Å². The molecule has 6 heteroatoms. The van der Waals surface area contributed by atoms with Gasteiger partial charge in [0.25, 0.3) is 5.91 Å². The van der Waals surface area contributed by atoms with Gasteiger partial charge in [0.2, 0.25) is 5.91 Å². The third-order valence-electron chi connectivity index (χ3n) is 7.26. The minimum Gasteiger partial charge on any atom is -0.355 e. The SMILES string of the molecule is CC[C@@H]1CCCCN1CCCNC(=O)[C@@H]1c2ccccc2C(=O)N(CC(C)C)[C@@H]1c1cccs1. The van der Waals surface area contributed by atoms with Crippen LogP contribution in [0.1, 0.15) is 85.6 Å². The number of nitrogens with one attached hydrogen (secondary N) is 1. The molecule has 0 saturated carbocycles. The Kier molecular flexibility index (Phi) is 8.43. The van der Waals surface area contributed by atoms with Crippen LogP contribution in [0.2, 0.25) is 0 Å². The van der Waals surface area contributed by atoms with Gasteiger partial charge in [-0.2, -0.15) is 0 Å². The topological polar surface area (TPSA) is 52.7 Å². The van der Waals surface area contributed by atoms with Crippen LogP contribution < -0.4 is 5.32 Å². The molecule has 0 unspecified atom stereocenters. The maximum absolute atomic E-state index is 13.7. The van der Waals surface area contributed by atoms with Crippen LogP contribution in [-0.2, 0) is 4.79 Å². The lowest BCUT2D eigenvalue weighted by atomic mass is 9.81. The van der Waals surface area contributed by atoms with Gasteiger partial charge in [0, 0.05) is 36.1 Å². The number of hydrogen-bond donors (Lipinski definition) is 1. The zero-order valence-electron chi connectivity index (χ0n) is 20.8. The minimum absolute atomic E-state index is 0.0257. The molecular formula is C28H39N3O2S. The lowest BCUT2D eigenvalue weighted by Gasteiger charge is -2.42. The molecule has 2 aliphatic heterocycles. The summed E-state index contributed by atoms with van der Waals surface area (Å²) in [5, 5.41) is 5.28. The van der Waals surface area contributed by atoms with Crippen LogP contribution in [0.3, 0.4) is 0 Å². The van der Waals surface area contributed by atoms with Gasteiger partial charge in [-0.15, -0.1) is 11.3 Å². The summed E-state index contributed by atoms with van der Waals surface area (Å²) in [6.07, 6.45) is 6.07. The van der Waals surface area contributed by atoms with E-state index in [2.05, 4.69) is 37.1 Å². The second-order valence-corrected chi connectivity index (χ2v) is 11.1. The van der Waals surface area contributed by atoms with E-state index < -0.39 is 5.92 Å².